The van der Waals surface area contributed by atoms with E-state index in [1.807, 2.05) is 11.3 Å². The number of hydrogen-bond acceptors (Lipinski definition) is 3. The van der Waals surface area contributed by atoms with Crippen molar-refractivity contribution in [1.82, 2.24) is 10.3 Å². The van der Waals surface area contributed by atoms with Crippen LogP contribution in [0.15, 0.2) is 0 Å². The highest BCUT2D eigenvalue weighted by Crippen LogP contribution is 2.28. The van der Waals surface area contributed by atoms with Crippen LogP contribution in [0.4, 0.5) is 0 Å². The summed E-state index contributed by atoms with van der Waals surface area (Å²) in [6.45, 7) is 10.0. The minimum absolute atomic E-state index is 0.556. The third-order valence-electron chi connectivity index (χ3n) is 3.02. The molecule has 3 heteroatoms. The zero-order chi connectivity index (χ0) is 12.4. The summed E-state index contributed by atoms with van der Waals surface area (Å²) in [5.74, 6) is 1.25. The van der Waals surface area contributed by atoms with Crippen molar-refractivity contribution < 1.29 is 0 Å². The Kier molecular flexibility index (Phi) is 4.21. The van der Waals surface area contributed by atoms with Crippen LogP contribution in [0.5, 0.6) is 0 Å². The van der Waals surface area contributed by atoms with Gasteiger partial charge in [-0.05, 0) is 25.2 Å². The standard InChI is InChI=1S/C14H24N2S/c1-9(2)7-12-13(8-15-11-5-6-11)17-14(16-12)10(3)4/h9-11,15H,5-8H2,1-4H3. The van der Waals surface area contributed by atoms with Crippen molar-refractivity contribution in [2.75, 3.05) is 0 Å². The van der Waals surface area contributed by atoms with E-state index in [0.29, 0.717) is 11.8 Å². The van der Waals surface area contributed by atoms with Gasteiger partial charge in [0.25, 0.3) is 0 Å². The van der Waals surface area contributed by atoms with Gasteiger partial charge in [0.2, 0.25) is 0 Å². The first kappa shape index (κ1) is 13.0. The molecular weight excluding hydrogens is 228 g/mol. The normalized spacial score (nSPS) is 16.1. The summed E-state index contributed by atoms with van der Waals surface area (Å²) in [4.78, 5) is 6.29. The van der Waals surface area contributed by atoms with Gasteiger partial charge in [0.05, 0.1) is 10.7 Å². The molecule has 0 bridgehead atoms. The number of nitrogens with zero attached hydrogens (tertiary/aromatic N) is 1. The van der Waals surface area contributed by atoms with Crippen molar-refractivity contribution in [3.05, 3.63) is 15.6 Å². The van der Waals surface area contributed by atoms with Gasteiger partial charge in [-0.1, -0.05) is 27.7 Å². The molecule has 0 radical (unpaired) electrons. The Balaban J connectivity index is 2.07. The molecule has 0 aliphatic heterocycles. The molecule has 1 heterocycles. The molecule has 2 rings (SSSR count). The second-order valence-electron chi connectivity index (χ2n) is 5.83. The largest absolute Gasteiger partial charge is 0.309 e. The molecule has 1 fully saturated rings. The quantitative estimate of drug-likeness (QED) is 0.834. The van der Waals surface area contributed by atoms with Gasteiger partial charge in [-0.15, -0.1) is 11.3 Å². The first-order chi connectivity index (χ1) is 8.06. The molecule has 1 aliphatic rings. The Bertz CT molecular complexity index is 364. The summed E-state index contributed by atoms with van der Waals surface area (Å²) in [6.07, 6.45) is 3.83. The highest BCUT2D eigenvalue weighted by atomic mass is 32.1. The average molecular weight is 252 g/mol. The Morgan fingerprint density at radius 2 is 2.00 bits per heavy atom. The van der Waals surface area contributed by atoms with E-state index in [2.05, 4.69) is 33.0 Å². The summed E-state index contributed by atoms with van der Waals surface area (Å²) in [7, 11) is 0. The molecule has 0 atom stereocenters. The number of rotatable bonds is 6. The summed E-state index contributed by atoms with van der Waals surface area (Å²) >= 11 is 1.91. The van der Waals surface area contributed by atoms with Gasteiger partial charge in [0.15, 0.2) is 0 Å². The molecule has 0 aromatic carbocycles. The van der Waals surface area contributed by atoms with Crippen molar-refractivity contribution >= 4 is 11.3 Å². The predicted molar refractivity (Wildman–Crippen MR) is 74.6 cm³/mol. The van der Waals surface area contributed by atoms with E-state index >= 15 is 0 Å². The van der Waals surface area contributed by atoms with Crippen LogP contribution in [-0.4, -0.2) is 11.0 Å². The lowest BCUT2D eigenvalue weighted by atomic mass is 10.1. The van der Waals surface area contributed by atoms with Crippen LogP contribution in [0, 0.1) is 5.92 Å². The monoisotopic (exact) mass is 252 g/mol. The van der Waals surface area contributed by atoms with Crippen LogP contribution in [0.3, 0.4) is 0 Å². The first-order valence-electron chi connectivity index (χ1n) is 6.78. The Labute approximate surface area is 109 Å². The number of thiazole rings is 1. The molecule has 0 unspecified atom stereocenters. The lowest BCUT2D eigenvalue weighted by molar-refractivity contribution is 0.621. The zero-order valence-electron chi connectivity index (χ0n) is 11.4. The molecule has 1 N–H and O–H groups in total. The molecule has 1 saturated carbocycles. The maximum atomic E-state index is 4.83. The van der Waals surface area contributed by atoms with Crippen LogP contribution in [0.1, 0.15) is 62.0 Å². The van der Waals surface area contributed by atoms with Crippen molar-refractivity contribution in [3.8, 4) is 0 Å². The second kappa shape index (κ2) is 5.49. The van der Waals surface area contributed by atoms with Crippen molar-refractivity contribution in [2.24, 2.45) is 5.92 Å². The molecule has 1 aromatic heterocycles. The number of aromatic nitrogens is 1. The van der Waals surface area contributed by atoms with Crippen LogP contribution in [0.2, 0.25) is 0 Å². The third-order valence-corrected chi connectivity index (χ3v) is 4.42. The lowest BCUT2D eigenvalue weighted by Crippen LogP contribution is -2.15. The van der Waals surface area contributed by atoms with E-state index in [1.165, 1.54) is 28.4 Å². The van der Waals surface area contributed by atoms with E-state index in [-0.39, 0.29) is 0 Å². The first-order valence-corrected chi connectivity index (χ1v) is 7.59. The highest BCUT2D eigenvalue weighted by molar-refractivity contribution is 7.11. The fourth-order valence-corrected chi connectivity index (χ4v) is 2.91. The molecule has 0 amide bonds. The smallest absolute Gasteiger partial charge is 0.0957 e. The average Bonchev–Trinajstić information content (AvgIpc) is 2.97. The van der Waals surface area contributed by atoms with Crippen LogP contribution in [0.25, 0.3) is 0 Å². The second-order valence-corrected chi connectivity index (χ2v) is 6.95. The lowest BCUT2D eigenvalue weighted by Gasteiger charge is -2.05. The van der Waals surface area contributed by atoms with Crippen molar-refractivity contribution in [1.29, 1.82) is 0 Å². The number of hydrogen-bond donors (Lipinski definition) is 1. The van der Waals surface area contributed by atoms with Gasteiger partial charge in [-0.2, -0.15) is 0 Å². The molecule has 1 aromatic rings. The van der Waals surface area contributed by atoms with Gasteiger partial charge in [0, 0.05) is 23.4 Å². The summed E-state index contributed by atoms with van der Waals surface area (Å²) in [5, 5.41) is 4.91. The topological polar surface area (TPSA) is 24.9 Å². The molecule has 1 aliphatic carbocycles. The fourth-order valence-electron chi connectivity index (χ4n) is 1.86. The van der Waals surface area contributed by atoms with Crippen LogP contribution >= 0.6 is 11.3 Å². The van der Waals surface area contributed by atoms with Gasteiger partial charge in [-0.3, -0.25) is 0 Å². The number of nitrogens with one attached hydrogen (secondary N) is 1. The third kappa shape index (κ3) is 3.78. The fraction of sp³-hybridized carbons (Fsp3) is 0.786. The Morgan fingerprint density at radius 1 is 1.29 bits per heavy atom. The molecule has 0 saturated heterocycles. The van der Waals surface area contributed by atoms with Gasteiger partial charge in [-0.25, -0.2) is 4.98 Å². The molecule has 2 nitrogen and oxygen atoms in total. The molecule has 96 valence electrons. The van der Waals surface area contributed by atoms with Gasteiger partial charge in [0.1, 0.15) is 0 Å². The van der Waals surface area contributed by atoms with Gasteiger partial charge < -0.3 is 5.32 Å². The summed E-state index contributed by atoms with van der Waals surface area (Å²) < 4.78 is 0. The minimum atomic E-state index is 0.556. The van der Waals surface area contributed by atoms with Crippen LogP contribution < -0.4 is 5.32 Å². The molecular formula is C14H24N2S. The maximum Gasteiger partial charge on any atom is 0.0957 e. The van der Waals surface area contributed by atoms with Crippen molar-refractivity contribution in [2.45, 2.75) is 65.5 Å². The van der Waals surface area contributed by atoms with E-state index in [4.69, 9.17) is 4.98 Å². The Hall–Kier alpha value is -0.410. The highest BCUT2D eigenvalue weighted by Gasteiger charge is 2.22. The molecule has 17 heavy (non-hydrogen) atoms. The predicted octanol–water partition coefficient (Wildman–Crippen LogP) is 3.72. The summed E-state index contributed by atoms with van der Waals surface area (Å²) in [6, 6.07) is 0.784. The Morgan fingerprint density at radius 3 is 2.53 bits per heavy atom. The van der Waals surface area contributed by atoms with Gasteiger partial charge >= 0.3 is 0 Å². The van der Waals surface area contributed by atoms with E-state index in [0.717, 1.165) is 19.0 Å². The van der Waals surface area contributed by atoms with E-state index < -0.39 is 0 Å². The van der Waals surface area contributed by atoms with Crippen LogP contribution in [-0.2, 0) is 13.0 Å². The SMILES string of the molecule is CC(C)Cc1nc(C(C)C)sc1CNC1CC1. The zero-order valence-corrected chi connectivity index (χ0v) is 12.2. The van der Waals surface area contributed by atoms with E-state index in [9.17, 15) is 0 Å². The minimum Gasteiger partial charge on any atom is -0.309 e. The maximum absolute atomic E-state index is 4.83. The molecule has 0 spiro atoms. The van der Waals surface area contributed by atoms with Crippen molar-refractivity contribution in [3.63, 3.8) is 0 Å². The summed E-state index contributed by atoms with van der Waals surface area (Å²) in [5.41, 5.74) is 1.34. The van der Waals surface area contributed by atoms with E-state index in [1.54, 1.807) is 0 Å².